The van der Waals surface area contributed by atoms with E-state index in [0.29, 0.717) is 26.1 Å². The summed E-state index contributed by atoms with van der Waals surface area (Å²) in [5.41, 5.74) is 1.13. The van der Waals surface area contributed by atoms with Crippen LogP contribution in [0, 0.1) is 0 Å². The SMILES string of the molecule is CC(=O)C[C@H](C[C@H](CCOCc1ccccc1Br)OC1CCCCO1)O[Si](C)(C)C(C)(C)C. The highest BCUT2D eigenvalue weighted by Gasteiger charge is 2.40. The molecule has 1 saturated heterocycles. The van der Waals surface area contributed by atoms with E-state index < -0.39 is 8.32 Å². The van der Waals surface area contributed by atoms with Crippen LogP contribution in [0.2, 0.25) is 18.1 Å². The molecule has 188 valence electrons. The Morgan fingerprint density at radius 2 is 1.94 bits per heavy atom. The van der Waals surface area contributed by atoms with Crippen molar-refractivity contribution in [3.63, 3.8) is 0 Å². The van der Waals surface area contributed by atoms with Crippen LogP contribution < -0.4 is 0 Å². The van der Waals surface area contributed by atoms with Crippen LogP contribution >= 0.6 is 15.9 Å². The quantitative estimate of drug-likeness (QED) is 0.198. The molecule has 0 amide bonds. The van der Waals surface area contributed by atoms with E-state index in [2.05, 4.69) is 55.9 Å². The number of benzene rings is 1. The lowest BCUT2D eigenvalue weighted by Crippen LogP contribution is -2.45. The van der Waals surface area contributed by atoms with Gasteiger partial charge in [0.2, 0.25) is 0 Å². The molecule has 0 spiro atoms. The topological polar surface area (TPSA) is 54.0 Å². The molecule has 0 radical (unpaired) electrons. The van der Waals surface area contributed by atoms with E-state index in [1.807, 2.05) is 18.2 Å². The van der Waals surface area contributed by atoms with Crippen LogP contribution in [0.3, 0.4) is 0 Å². The van der Waals surface area contributed by atoms with Gasteiger partial charge in [0.25, 0.3) is 0 Å². The van der Waals surface area contributed by atoms with Crippen LogP contribution in [0.15, 0.2) is 28.7 Å². The van der Waals surface area contributed by atoms with Crippen molar-refractivity contribution in [3.05, 3.63) is 34.3 Å². The largest absolute Gasteiger partial charge is 0.413 e. The Kier molecular flexibility index (Phi) is 11.7. The van der Waals surface area contributed by atoms with Crippen molar-refractivity contribution < 1.29 is 23.4 Å². The smallest absolute Gasteiger partial charge is 0.192 e. The lowest BCUT2D eigenvalue weighted by atomic mass is 10.0. The van der Waals surface area contributed by atoms with E-state index in [0.717, 1.165) is 42.3 Å². The number of hydrogen-bond acceptors (Lipinski definition) is 5. The van der Waals surface area contributed by atoms with Gasteiger partial charge >= 0.3 is 0 Å². The molecule has 0 aliphatic carbocycles. The van der Waals surface area contributed by atoms with E-state index in [-0.39, 0.29) is 29.3 Å². The van der Waals surface area contributed by atoms with Gasteiger partial charge in [-0.15, -0.1) is 0 Å². The molecule has 1 heterocycles. The second-order valence-corrected chi connectivity index (χ2v) is 16.2. The number of carbonyl (C=O) groups excluding carboxylic acids is 1. The molecule has 1 aliphatic rings. The van der Waals surface area contributed by atoms with Crippen molar-refractivity contribution in [2.45, 2.75) is 109 Å². The van der Waals surface area contributed by atoms with Gasteiger partial charge in [0.15, 0.2) is 14.6 Å². The fourth-order valence-electron chi connectivity index (χ4n) is 3.67. The zero-order valence-corrected chi connectivity index (χ0v) is 23.9. The van der Waals surface area contributed by atoms with Gasteiger partial charge in [0, 0.05) is 24.1 Å². The Balaban J connectivity index is 2.02. The molecule has 1 unspecified atom stereocenters. The highest BCUT2D eigenvalue weighted by Crippen LogP contribution is 2.38. The summed E-state index contributed by atoms with van der Waals surface area (Å²) in [6.45, 7) is 14.7. The number of ketones is 1. The Labute approximate surface area is 210 Å². The Bertz CT molecular complexity index is 728. The lowest BCUT2D eigenvalue weighted by Gasteiger charge is -2.40. The van der Waals surface area contributed by atoms with E-state index in [4.69, 9.17) is 18.6 Å². The van der Waals surface area contributed by atoms with Crippen LogP contribution in [-0.4, -0.2) is 45.8 Å². The molecule has 1 aliphatic heterocycles. The second kappa shape index (κ2) is 13.5. The van der Waals surface area contributed by atoms with E-state index in [1.165, 1.54) is 0 Å². The number of rotatable bonds is 13. The van der Waals surface area contributed by atoms with Crippen molar-refractivity contribution in [2.24, 2.45) is 0 Å². The molecule has 0 N–H and O–H groups in total. The summed E-state index contributed by atoms with van der Waals surface area (Å²) in [5, 5.41) is 0.0804. The highest BCUT2D eigenvalue weighted by molar-refractivity contribution is 9.10. The third-order valence-electron chi connectivity index (χ3n) is 6.59. The van der Waals surface area contributed by atoms with Gasteiger partial charge in [-0.3, -0.25) is 4.79 Å². The van der Waals surface area contributed by atoms with Crippen molar-refractivity contribution in [2.75, 3.05) is 13.2 Å². The molecule has 0 bridgehead atoms. The average molecular weight is 544 g/mol. The fourth-order valence-corrected chi connectivity index (χ4v) is 5.43. The van der Waals surface area contributed by atoms with Crippen molar-refractivity contribution >= 4 is 30.0 Å². The summed E-state index contributed by atoms with van der Waals surface area (Å²) < 4.78 is 26.0. The number of carbonyl (C=O) groups is 1. The zero-order chi connectivity index (χ0) is 24.5. The highest BCUT2D eigenvalue weighted by atomic mass is 79.9. The minimum absolute atomic E-state index is 0.0804. The van der Waals surface area contributed by atoms with Crippen molar-refractivity contribution in [1.29, 1.82) is 0 Å². The second-order valence-electron chi connectivity index (χ2n) is 10.6. The first kappa shape index (κ1) is 28.7. The van der Waals surface area contributed by atoms with Gasteiger partial charge in [-0.05, 0) is 68.8 Å². The molecule has 1 aromatic rings. The van der Waals surface area contributed by atoms with Crippen LogP contribution in [0.4, 0.5) is 0 Å². The lowest BCUT2D eigenvalue weighted by molar-refractivity contribution is -0.196. The van der Waals surface area contributed by atoms with Crippen LogP contribution in [0.25, 0.3) is 0 Å². The molecular weight excluding hydrogens is 500 g/mol. The number of halogens is 1. The third-order valence-corrected chi connectivity index (χ3v) is 11.9. The molecule has 1 aromatic carbocycles. The minimum Gasteiger partial charge on any atom is -0.413 e. The summed E-state index contributed by atoms with van der Waals surface area (Å²) in [7, 11) is -2.02. The molecule has 7 heteroatoms. The molecule has 2 rings (SSSR count). The average Bonchev–Trinajstić information content (AvgIpc) is 2.71. The predicted octanol–water partition coefficient (Wildman–Crippen LogP) is 7.03. The van der Waals surface area contributed by atoms with Gasteiger partial charge < -0.3 is 18.6 Å². The molecule has 33 heavy (non-hydrogen) atoms. The maximum absolute atomic E-state index is 12.1. The summed E-state index contributed by atoms with van der Waals surface area (Å²) in [6.07, 6.45) is 4.52. The molecule has 3 atom stereocenters. The first-order chi connectivity index (χ1) is 15.5. The summed E-state index contributed by atoms with van der Waals surface area (Å²) in [5.74, 6) is 0.150. The molecular formula is C26H43BrO5Si. The molecule has 0 aromatic heterocycles. The van der Waals surface area contributed by atoms with Gasteiger partial charge in [-0.25, -0.2) is 0 Å². The van der Waals surface area contributed by atoms with Crippen LogP contribution in [0.5, 0.6) is 0 Å². The van der Waals surface area contributed by atoms with Gasteiger partial charge in [0.1, 0.15) is 5.78 Å². The third kappa shape index (κ3) is 10.3. The maximum Gasteiger partial charge on any atom is 0.192 e. The van der Waals surface area contributed by atoms with E-state index in [1.54, 1.807) is 6.92 Å². The Morgan fingerprint density at radius 1 is 1.21 bits per heavy atom. The number of hydrogen-bond donors (Lipinski definition) is 0. The normalized spacial score (nSPS) is 19.3. The van der Waals surface area contributed by atoms with Gasteiger partial charge in [-0.1, -0.05) is 54.9 Å². The number of Topliss-reactive ketones (excluding diaryl/α,β-unsaturated/α-hetero) is 1. The maximum atomic E-state index is 12.1. The summed E-state index contributed by atoms with van der Waals surface area (Å²) in [6, 6.07) is 8.10. The monoisotopic (exact) mass is 542 g/mol. The van der Waals surface area contributed by atoms with Crippen LogP contribution in [0.1, 0.15) is 71.8 Å². The van der Waals surface area contributed by atoms with E-state index in [9.17, 15) is 4.79 Å². The first-order valence-corrected chi connectivity index (χ1v) is 15.9. The molecule has 0 saturated carbocycles. The number of ether oxygens (including phenoxy) is 3. The predicted molar refractivity (Wildman–Crippen MR) is 139 cm³/mol. The summed E-state index contributed by atoms with van der Waals surface area (Å²) in [4.78, 5) is 12.1. The molecule has 5 nitrogen and oxygen atoms in total. The van der Waals surface area contributed by atoms with Crippen LogP contribution in [-0.2, 0) is 30.0 Å². The molecule has 1 fully saturated rings. The zero-order valence-electron chi connectivity index (χ0n) is 21.3. The van der Waals surface area contributed by atoms with E-state index >= 15 is 0 Å². The Hall–Kier alpha value is -0.573. The first-order valence-electron chi connectivity index (χ1n) is 12.2. The minimum atomic E-state index is -2.02. The van der Waals surface area contributed by atoms with Crippen molar-refractivity contribution in [1.82, 2.24) is 0 Å². The standard InChI is InChI=1S/C26H43BrO5Si/c1-20(28)17-23(32-33(5,6)26(2,3)4)18-22(31-25-13-9-10-15-30-25)14-16-29-19-21-11-7-8-12-24(21)27/h7-8,11-12,22-23,25H,9-10,13-19H2,1-6H3/t22-,23+,25?/m0/s1. The van der Waals surface area contributed by atoms with Gasteiger partial charge in [-0.2, -0.15) is 0 Å². The summed E-state index contributed by atoms with van der Waals surface area (Å²) >= 11 is 3.58. The Morgan fingerprint density at radius 3 is 2.55 bits per heavy atom. The fraction of sp³-hybridized carbons (Fsp3) is 0.731. The van der Waals surface area contributed by atoms with Gasteiger partial charge in [0.05, 0.1) is 18.8 Å². The van der Waals surface area contributed by atoms with Crippen molar-refractivity contribution in [3.8, 4) is 0 Å².